The number of nitrogens with zero attached hydrogens (tertiary/aromatic N) is 1. The van der Waals surface area contributed by atoms with E-state index in [2.05, 4.69) is 39.6 Å². The molecule has 0 bridgehead atoms. The highest BCUT2D eigenvalue weighted by Gasteiger charge is 2.04. The predicted molar refractivity (Wildman–Crippen MR) is 55.8 cm³/mol. The van der Waals surface area contributed by atoms with Crippen molar-refractivity contribution < 1.29 is 0 Å². The number of hydrogen-bond acceptors (Lipinski definition) is 2. The lowest BCUT2D eigenvalue weighted by Crippen LogP contribution is -2.11. The van der Waals surface area contributed by atoms with Gasteiger partial charge in [0.25, 0.3) is 0 Å². The van der Waals surface area contributed by atoms with E-state index < -0.39 is 0 Å². The third-order valence-electron chi connectivity index (χ3n) is 1.47. The molecule has 1 atom stereocenters. The van der Waals surface area contributed by atoms with Gasteiger partial charge in [0.2, 0.25) is 0 Å². The van der Waals surface area contributed by atoms with Crippen molar-refractivity contribution in [2.24, 2.45) is 4.99 Å². The molecule has 1 unspecified atom stereocenters. The maximum atomic E-state index is 4.49. The molecule has 2 heteroatoms. The van der Waals surface area contributed by atoms with Gasteiger partial charge in [-0.25, -0.2) is 0 Å². The molecule has 0 rings (SSSR count). The molecule has 66 valence electrons. The average Bonchev–Trinajstić information content (AvgIpc) is 1.86. The van der Waals surface area contributed by atoms with Gasteiger partial charge >= 0.3 is 0 Å². The standard InChI is InChI=1S/C9H19NS/c1-6-11-9(5)8(4)10-7(2)3/h7,9H,6H2,1-5H3. The second-order valence-corrected chi connectivity index (χ2v) is 4.58. The van der Waals surface area contributed by atoms with Crippen molar-refractivity contribution in [3.05, 3.63) is 0 Å². The highest BCUT2D eigenvalue weighted by molar-refractivity contribution is 8.00. The van der Waals surface area contributed by atoms with Gasteiger partial charge in [-0.15, -0.1) is 0 Å². The Morgan fingerprint density at radius 1 is 1.36 bits per heavy atom. The Balaban J connectivity index is 3.89. The van der Waals surface area contributed by atoms with E-state index in [-0.39, 0.29) is 0 Å². The summed E-state index contributed by atoms with van der Waals surface area (Å²) in [6.45, 7) is 10.8. The summed E-state index contributed by atoms with van der Waals surface area (Å²) in [5.74, 6) is 1.17. The Morgan fingerprint density at radius 2 is 1.91 bits per heavy atom. The third kappa shape index (κ3) is 5.31. The number of rotatable bonds is 4. The van der Waals surface area contributed by atoms with Crippen LogP contribution >= 0.6 is 11.8 Å². The Bertz CT molecular complexity index is 130. The molecule has 0 aromatic carbocycles. The molecule has 0 aromatic heterocycles. The van der Waals surface area contributed by atoms with Crippen molar-refractivity contribution in [1.29, 1.82) is 0 Å². The van der Waals surface area contributed by atoms with Crippen LogP contribution in [0.2, 0.25) is 0 Å². The predicted octanol–water partition coefficient (Wildman–Crippen LogP) is 3.00. The molecule has 0 aliphatic heterocycles. The van der Waals surface area contributed by atoms with Gasteiger partial charge in [-0.2, -0.15) is 11.8 Å². The quantitative estimate of drug-likeness (QED) is 0.595. The first-order chi connectivity index (χ1) is 5.07. The van der Waals surface area contributed by atoms with Gasteiger partial charge in [0.1, 0.15) is 0 Å². The highest BCUT2D eigenvalue weighted by Crippen LogP contribution is 2.11. The number of aliphatic imine (C=N–C) groups is 1. The number of hydrogen-bond donors (Lipinski definition) is 0. The van der Waals surface area contributed by atoms with E-state index in [1.54, 1.807) is 0 Å². The SMILES string of the molecule is CCSC(C)C(C)=NC(C)C. The molecule has 0 saturated heterocycles. The monoisotopic (exact) mass is 173 g/mol. The second-order valence-electron chi connectivity index (χ2n) is 2.96. The molecule has 0 saturated carbocycles. The zero-order valence-corrected chi connectivity index (χ0v) is 9.03. The lowest BCUT2D eigenvalue weighted by Gasteiger charge is -2.10. The number of thioether (sulfide) groups is 1. The molecule has 0 spiro atoms. The minimum absolute atomic E-state index is 0.440. The molecule has 0 radical (unpaired) electrons. The lowest BCUT2D eigenvalue weighted by atomic mass is 10.3. The molecule has 0 N–H and O–H groups in total. The minimum Gasteiger partial charge on any atom is -0.291 e. The molecule has 0 aliphatic carbocycles. The van der Waals surface area contributed by atoms with Gasteiger partial charge in [0.05, 0.1) is 0 Å². The Morgan fingerprint density at radius 3 is 2.27 bits per heavy atom. The normalized spacial score (nSPS) is 15.6. The summed E-state index contributed by atoms with van der Waals surface area (Å²) in [4.78, 5) is 4.49. The van der Waals surface area contributed by atoms with E-state index in [1.807, 2.05) is 11.8 Å². The molecule has 0 heterocycles. The summed E-state index contributed by atoms with van der Waals surface area (Å²) < 4.78 is 0. The van der Waals surface area contributed by atoms with E-state index >= 15 is 0 Å². The summed E-state index contributed by atoms with van der Waals surface area (Å²) in [7, 11) is 0. The van der Waals surface area contributed by atoms with E-state index in [0.29, 0.717) is 11.3 Å². The first-order valence-corrected chi connectivity index (χ1v) is 5.28. The van der Waals surface area contributed by atoms with Crippen LogP contribution in [0.3, 0.4) is 0 Å². The van der Waals surface area contributed by atoms with Gasteiger partial charge < -0.3 is 0 Å². The zero-order chi connectivity index (χ0) is 8.85. The van der Waals surface area contributed by atoms with Crippen LogP contribution in [0.1, 0.15) is 34.6 Å². The van der Waals surface area contributed by atoms with Crippen LogP contribution in [-0.4, -0.2) is 22.8 Å². The van der Waals surface area contributed by atoms with E-state index in [0.717, 1.165) is 0 Å². The van der Waals surface area contributed by atoms with Crippen molar-refractivity contribution in [1.82, 2.24) is 0 Å². The maximum Gasteiger partial charge on any atom is 0.0443 e. The second kappa shape index (κ2) is 5.64. The van der Waals surface area contributed by atoms with Gasteiger partial charge in [-0.1, -0.05) is 6.92 Å². The largest absolute Gasteiger partial charge is 0.291 e. The third-order valence-corrected chi connectivity index (χ3v) is 2.64. The summed E-state index contributed by atoms with van der Waals surface area (Å²) in [5.41, 5.74) is 1.27. The van der Waals surface area contributed by atoms with Gasteiger partial charge in [0.15, 0.2) is 0 Å². The fourth-order valence-corrected chi connectivity index (χ4v) is 1.68. The smallest absolute Gasteiger partial charge is 0.0443 e. The fraction of sp³-hybridized carbons (Fsp3) is 0.889. The van der Waals surface area contributed by atoms with Gasteiger partial charge in [-0.05, 0) is 33.4 Å². The molecule has 0 aliphatic rings. The van der Waals surface area contributed by atoms with Crippen LogP contribution in [0.25, 0.3) is 0 Å². The van der Waals surface area contributed by atoms with Crippen LogP contribution < -0.4 is 0 Å². The molecule has 0 amide bonds. The minimum atomic E-state index is 0.440. The van der Waals surface area contributed by atoms with E-state index in [9.17, 15) is 0 Å². The van der Waals surface area contributed by atoms with E-state index in [1.165, 1.54) is 11.5 Å². The molecule has 1 nitrogen and oxygen atoms in total. The summed E-state index contributed by atoms with van der Waals surface area (Å²) in [6.07, 6.45) is 0. The zero-order valence-electron chi connectivity index (χ0n) is 8.22. The average molecular weight is 173 g/mol. The van der Waals surface area contributed by atoms with Crippen LogP contribution in [0, 0.1) is 0 Å². The van der Waals surface area contributed by atoms with Crippen LogP contribution in [0.5, 0.6) is 0 Å². The van der Waals surface area contributed by atoms with Gasteiger partial charge in [0, 0.05) is 17.0 Å². The molecule has 0 fully saturated rings. The van der Waals surface area contributed by atoms with Crippen molar-refractivity contribution in [3.63, 3.8) is 0 Å². The van der Waals surface area contributed by atoms with Crippen molar-refractivity contribution >= 4 is 17.5 Å². The van der Waals surface area contributed by atoms with Crippen LogP contribution in [-0.2, 0) is 0 Å². The molecular weight excluding hydrogens is 154 g/mol. The Labute approximate surface area is 74.7 Å². The van der Waals surface area contributed by atoms with Crippen molar-refractivity contribution in [2.75, 3.05) is 5.75 Å². The van der Waals surface area contributed by atoms with Crippen molar-refractivity contribution in [3.8, 4) is 0 Å². The molecule has 11 heavy (non-hydrogen) atoms. The summed E-state index contributed by atoms with van der Waals surface area (Å²) in [5, 5.41) is 0.586. The van der Waals surface area contributed by atoms with Crippen molar-refractivity contribution in [2.45, 2.75) is 45.9 Å². The van der Waals surface area contributed by atoms with Gasteiger partial charge in [-0.3, -0.25) is 4.99 Å². The van der Waals surface area contributed by atoms with Crippen LogP contribution in [0.15, 0.2) is 4.99 Å². The molecular formula is C9H19NS. The maximum absolute atomic E-state index is 4.49. The molecule has 0 aromatic rings. The van der Waals surface area contributed by atoms with Crippen LogP contribution in [0.4, 0.5) is 0 Å². The summed E-state index contributed by atoms with van der Waals surface area (Å²) in [6, 6.07) is 0.440. The summed E-state index contributed by atoms with van der Waals surface area (Å²) >= 11 is 1.95. The topological polar surface area (TPSA) is 12.4 Å². The first-order valence-electron chi connectivity index (χ1n) is 4.23. The lowest BCUT2D eigenvalue weighted by molar-refractivity contribution is 0.830. The first kappa shape index (κ1) is 11.0. The Kier molecular flexibility index (Phi) is 5.65. The Hall–Kier alpha value is 0.0200. The highest BCUT2D eigenvalue weighted by atomic mass is 32.2. The fourth-order valence-electron chi connectivity index (χ4n) is 0.883. The van der Waals surface area contributed by atoms with E-state index in [4.69, 9.17) is 0 Å².